The summed E-state index contributed by atoms with van der Waals surface area (Å²) in [4.78, 5) is 2.41. The molecule has 96 valence electrons. The summed E-state index contributed by atoms with van der Waals surface area (Å²) < 4.78 is 0. The normalized spacial score (nSPS) is 18.7. The minimum absolute atomic E-state index is 0.733. The monoisotopic (exact) mass is 236 g/mol. The Balaban J connectivity index is 1.59. The molecule has 0 aliphatic carbocycles. The highest BCUT2D eigenvalue weighted by Gasteiger charge is 2.15. The Kier molecular flexibility index (Phi) is 4.57. The van der Waals surface area contributed by atoms with E-state index in [1.54, 1.807) is 0 Å². The second-order valence-electron chi connectivity index (χ2n) is 5.16. The third-order valence-electron chi connectivity index (χ3n) is 3.71. The summed E-state index contributed by atoms with van der Waals surface area (Å²) in [7, 11) is 2.21. The highest BCUT2D eigenvalue weighted by molar-refractivity contribution is 5.14. The van der Waals surface area contributed by atoms with Gasteiger partial charge in [-0.25, -0.2) is 0 Å². The molecule has 0 unspecified atom stereocenters. The van der Waals surface area contributed by atoms with E-state index in [-0.39, 0.29) is 0 Å². The maximum atomic E-state index is 4.05. The third-order valence-corrected chi connectivity index (χ3v) is 3.71. The predicted octanol–water partition coefficient (Wildman–Crippen LogP) is 1.33. The number of hydrogen-bond donors (Lipinski definition) is 2. The van der Waals surface area contributed by atoms with Crippen LogP contribution in [0.2, 0.25) is 0 Å². The van der Waals surface area contributed by atoms with E-state index in [1.807, 2.05) is 6.20 Å². The SMILES string of the molecule is Cc1[nH]ncc1CCCNC1CCN(C)CC1. The zero-order chi connectivity index (χ0) is 12.1. The van der Waals surface area contributed by atoms with Gasteiger partial charge in [0.2, 0.25) is 0 Å². The van der Waals surface area contributed by atoms with Crippen molar-refractivity contribution < 1.29 is 0 Å². The molecular formula is C13H24N4. The van der Waals surface area contributed by atoms with Crippen LogP contribution in [0.15, 0.2) is 6.20 Å². The number of nitrogens with one attached hydrogen (secondary N) is 2. The fraction of sp³-hybridized carbons (Fsp3) is 0.769. The summed E-state index contributed by atoms with van der Waals surface area (Å²) in [5.74, 6) is 0. The van der Waals surface area contributed by atoms with Crippen LogP contribution < -0.4 is 5.32 Å². The summed E-state index contributed by atoms with van der Waals surface area (Å²) in [5, 5.41) is 10.7. The molecule has 0 bridgehead atoms. The molecule has 17 heavy (non-hydrogen) atoms. The summed E-state index contributed by atoms with van der Waals surface area (Å²) in [5.41, 5.74) is 2.57. The summed E-state index contributed by atoms with van der Waals surface area (Å²) in [6.07, 6.45) is 6.86. The molecule has 1 saturated heterocycles. The number of piperidine rings is 1. The van der Waals surface area contributed by atoms with Gasteiger partial charge in [-0.05, 0) is 64.9 Å². The van der Waals surface area contributed by atoms with Crippen LogP contribution in [-0.4, -0.2) is 47.8 Å². The molecule has 1 aliphatic rings. The van der Waals surface area contributed by atoms with Gasteiger partial charge in [0.05, 0.1) is 6.20 Å². The van der Waals surface area contributed by atoms with Gasteiger partial charge in [-0.1, -0.05) is 0 Å². The lowest BCUT2D eigenvalue weighted by molar-refractivity contribution is 0.235. The first-order valence-corrected chi connectivity index (χ1v) is 6.66. The van der Waals surface area contributed by atoms with Gasteiger partial charge in [0.15, 0.2) is 0 Å². The Morgan fingerprint density at radius 3 is 2.88 bits per heavy atom. The zero-order valence-corrected chi connectivity index (χ0v) is 11.0. The van der Waals surface area contributed by atoms with E-state index < -0.39 is 0 Å². The maximum absolute atomic E-state index is 4.05. The van der Waals surface area contributed by atoms with Gasteiger partial charge in [-0.3, -0.25) is 5.10 Å². The minimum Gasteiger partial charge on any atom is -0.314 e. The van der Waals surface area contributed by atoms with Crippen molar-refractivity contribution in [3.05, 3.63) is 17.5 Å². The number of hydrogen-bond acceptors (Lipinski definition) is 3. The van der Waals surface area contributed by atoms with Crippen molar-refractivity contribution >= 4 is 0 Å². The molecule has 0 saturated carbocycles. The van der Waals surface area contributed by atoms with E-state index in [9.17, 15) is 0 Å². The van der Waals surface area contributed by atoms with Gasteiger partial charge in [0.25, 0.3) is 0 Å². The van der Waals surface area contributed by atoms with Gasteiger partial charge in [0, 0.05) is 11.7 Å². The summed E-state index contributed by atoms with van der Waals surface area (Å²) in [6.45, 7) is 5.68. The van der Waals surface area contributed by atoms with E-state index in [0.29, 0.717) is 0 Å². The lowest BCUT2D eigenvalue weighted by Gasteiger charge is -2.29. The van der Waals surface area contributed by atoms with Crippen LogP contribution in [0.5, 0.6) is 0 Å². The number of aromatic amines is 1. The van der Waals surface area contributed by atoms with Crippen LogP contribution in [0.25, 0.3) is 0 Å². The molecule has 2 rings (SSSR count). The van der Waals surface area contributed by atoms with E-state index in [0.717, 1.165) is 19.0 Å². The van der Waals surface area contributed by atoms with Gasteiger partial charge in [-0.2, -0.15) is 5.10 Å². The lowest BCUT2D eigenvalue weighted by Crippen LogP contribution is -2.41. The average molecular weight is 236 g/mol. The lowest BCUT2D eigenvalue weighted by atomic mass is 10.1. The van der Waals surface area contributed by atoms with E-state index in [1.165, 1.54) is 43.6 Å². The first-order chi connectivity index (χ1) is 8.25. The first-order valence-electron chi connectivity index (χ1n) is 6.66. The van der Waals surface area contributed by atoms with Crippen LogP contribution in [0, 0.1) is 6.92 Å². The quantitative estimate of drug-likeness (QED) is 0.758. The molecule has 0 atom stereocenters. The van der Waals surface area contributed by atoms with E-state index >= 15 is 0 Å². The van der Waals surface area contributed by atoms with Crippen LogP contribution in [-0.2, 0) is 6.42 Å². The third kappa shape index (κ3) is 3.82. The molecule has 4 heteroatoms. The van der Waals surface area contributed by atoms with Gasteiger partial charge in [0.1, 0.15) is 0 Å². The number of rotatable bonds is 5. The number of aromatic nitrogens is 2. The second kappa shape index (κ2) is 6.17. The Hall–Kier alpha value is -0.870. The van der Waals surface area contributed by atoms with Gasteiger partial charge in [-0.15, -0.1) is 0 Å². The highest BCUT2D eigenvalue weighted by atomic mass is 15.1. The maximum Gasteiger partial charge on any atom is 0.0522 e. The first kappa shape index (κ1) is 12.6. The number of aryl methyl sites for hydroxylation is 2. The van der Waals surface area contributed by atoms with Crippen LogP contribution in [0.4, 0.5) is 0 Å². The molecule has 0 aromatic carbocycles. The van der Waals surface area contributed by atoms with Crippen LogP contribution >= 0.6 is 0 Å². The Morgan fingerprint density at radius 2 is 2.24 bits per heavy atom. The smallest absolute Gasteiger partial charge is 0.0522 e. The molecular weight excluding hydrogens is 212 g/mol. The largest absolute Gasteiger partial charge is 0.314 e. The molecule has 0 radical (unpaired) electrons. The topological polar surface area (TPSA) is 44.0 Å². The second-order valence-corrected chi connectivity index (χ2v) is 5.16. The molecule has 0 amide bonds. The molecule has 0 spiro atoms. The molecule has 1 aromatic rings. The predicted molar refractivity (Wildman–Crippen MR) is 70.2 cm³/mol. The number of nitrogens with zero attached hydrogens (tertiary/aromatic N) is 2. The summed E-state index contributed by atoms with van der Waals surface area (Å²) >= 11 is 0. The fourth-order valence-electron chi connectivity index (χ4n) is 2.43. The Morgan fingerprint density at radius 1 is 1.47 bits per heavy atom. The fourth-order valence-corrected chi connectivity index (χ4v) is 2.43. The minimum atomic E-state index is 0.733. The molecule has 2 N–H and O–H groups in total. The van der Waals surface area contributed by atoms with Crippen molar-refractivity contribution in [2.24, 2.45) is 0 Å². The van der Waals surface area contributed by atoms with Crippen LogP contribution in [0.1, 0.15) is 30.5 Å². The number of likely N-dealkylation sites (tertiary alicyclic amines) is 1. The van der Waals surface area contributed by atoms with Crippen molar-refractivity contribution in [1.29, 1.82) is 0 Å². The van der Waals surface area contributed by atoms with Crippen molar-refractivity contribution in [1.82, 2.24) is 20.4 Å². The summed E-state index contributed by atoms with van der Waals surface area (Å²) in [6, 6.07) is 0.733. The van der Waals surface area contributed by atoms with Crippen molar-refractivity contribution in [2.75, 3.05) is 26.7 Å². The molecule has 1 aliphatic heterocycles. The Bertz CT molecular complexity index is 326. The highest BCUT2D eigenvalue weighted by Crippen LogP contribution is 2.09. The van der Waals surface area contributed by atoms with E-state index in [4.69, 9.17) is 0 Å². The number of H-pyrrole nitrogens is 1. The molecule has 4 nitrogen and oxygen atoms in total. The van der Waals surface area contributed by atoms with Crippen molar-refractivity contribution in [3.8, 4) is 0 Å². The van der Waals surface area contributed by atoms with Gasteiger partial charge >= 0.3 is 0 Å². The average Bonchev–Trinajstić information content (AvgIpc) is 2.73. The van der Waals surface area contributed by atoms with E-state index in [2.05, 4.69) is 34.4 Å². The van der Waals surface area contributed by atoms with Crippen LogP contribution in [0.3, 0.4) is 0 Å². The zero-order valence-electron chi connectivity index (χ0n) is 11.0. The van der Waals surface area contributed by atoms with Crippen molar-refractivity contribution in [2.45, 2.75) is 38.6 Å². The molecule has 1 aromatic heterocycles. The standard InChI is InChI=1S/C13H24N4/c1-11-12(10-15-16-11)4-3-7-14-13-5-8-17(2)9-6-13/h10,13-14H,3-9H2,1-2H3,(H,15,16). The molecule has 1 fully saturated rings. The van der Waals surface area contributed by atoms with Gasteiger partial charge < -0.3 is 10.2 Å². The molecule has 2 heterocycles. The Labute approximate surface area is 104 Å². The van der Waals surface area contributed by atoms with Crippen molar-refractivity contribution in [3.63, 3.8) is 0 Å².